The van der Waals surface area contributed by atoms with Crippen LogP contribution in [0.4, 0.5) is 11.4 Å². The van der Waals surface area contributed by atoms with Gasteiger partial charge in [0.2, 0.25) is 0 Å². The highest BCUT2D eigenvalue weighted by molar-refractivity contribution is 6.17. The first-order chi connectivity index (χ1) is 9.61. The van der Waals surface area contributed by atoms with Gasteiger partial charge in [-0.2, -0.15) is 0 Å². The van der Waals surface area contributed by atoms with E-state index in [2.05, 4.69) is 0 Å². The molecule has 0 saturated heterocycles. The predicted molar refractivity (Wildman–Crippen MR) is 79.5 cm³/mol. The van der Waals surface area contributed by atoms with Crippen LogP contribution in [-0.2, 0) is 10.6 Å². The van der Waals surface area contributed by atoms with E-state index in [1.807, 2.05) is 11.9 Å². The molecule has 0 atom stereocenters. The summed E-state index contributed by atoms with van der Waals surface area (Å²) in [4.78, 5) is 12.5. The van der Waals surface area contributed by atoms with Gasteiger partial charge in [-0.1, -0.05) is 0 Å². The van der Waals surface area contributed by atoms with E-state index in [-0.39, 0.29) is 11.6 Å². The van der Waals surface area contributed by atoms with Crippen LogP contribution in [0.2, 0.25) is 0 Å². The van der Waals surface area contributed by atoms with E-state index in [9.17, 15) is 10.1 Å². The van der Waals surface area contributed by atoms with E-state index in [1.165, 1.54) is 18.9 Å². The molecule has 1 saturated carbocycles. The molecule has 0 amide bonds. The van der Waals surface area contributed by atoms with Crippen molar-refractivity contribution in [2.45, 2.75) is 18.7 Å². The van der Waals surface area contributed by atoms with Gasteiger partial charge in [-0.15, -0.1) is 11.6 Å². The fourth-order valence-corrected chi connectivity index (χ4v) is 2.17. The fourth-order valence-electron chi connectivity index (χ4n) is 1.96. The Labute approximate surface area is 123 Å². The average molecular weight is 299 g/mol. The van der Waals surface area contributed by atoms with Crippen LogP contribution in [0.1, 0.15) is 18.4 Å². The van der Waals surface area contributed by atoms with Gasteiger partial charge in [-0.3, -0.25) is 10.1 Å². The number of benzene rings is 1. The summed E-state index contributed by atoms with van der Waals surface area (Å²) in [5, 5.41) is 10.9. The van der Waals surface area contributed by atoms with Gasteiger partial charge < -0.3 is 9.64 Å². The molecular formula is C14H19ClN2O3. The van der Waals surface area contributed by atoms with Gasteiger partial charge in [-0.05, 0) is 30.9 Å². The first kappa shape index (κ1) is 15.1. The van der Waals surface area contributed by atoms with Crippen LogP contribution in [-0.4, -0.2) is 31.7 Å². The molecule has 6 heteroatoms. The van der Waals surface area contributed by atoms with E-state index >= 15 is 0 Å². The van der Waals surface area contributed by atoms with Gasteiger partial charge >= 0.3 is 0 Å². The lowest BCUT2D eigenvalue weighted by Crippen LogP contribution is -2.23. The Bertz CT molecular complexity index is 477. The van der Waals surface area contributed by atoms with Crippen molar-refractivity contribution in [1.29, 1.82) is 0 Å². The van der Waals surface area contributed by atoms with E-state index in [4.69, 9.17) is 16.3 Å². The fraction of sp³-hybridized carbons (Fsp3) is 0.571. The number of nitrogens with zero attached hydrogens (tertiary/aromatic N) is 2. The second-order valence-corrected chi connectivity index (χ2v) is 5.41. The molecule has 1 aromatic rings. The third kappa shape index (κ3) is 4.08. The minimum Gasteiger partial charge on any atom is -0.379 e. The second kappa shape index (κ2) is 6.90. The molecule has 20 heavy (non-hydrogen) atoms. The Morgan fingerprint density at radius 3 is 2.85 bits per heavy atom. The van der Waals surface area contributed by atoms with E-state index in [0.29, 0.717) is 12.2 Å². The lowest BCUT2D eigenvalue weighted by Gasteiger charge is -2.19. The van der Waals surface area contributed by atoms with Crippen LogP contribution in [0.15, 0.2) is 18.2 Å². The summed E-state index contributed by atoms with van der Waals surface area (Å²) in [5.74, 6) is 0.901. The smallest absolute Gasteiger partial charge is 0.273 e. The molecule has 0 heterocycles. The number of halogens is 1. The van der Waals surface area contributed by atoms with Crippen molar-refractivity contribution in [1.82, 2.24) is 0 Å². The molecule has 1 fully saturated rings. The molecule has 0 radical (unpaired) electrons. The molecule has 0 unspecified atom stereocenters. The molecule has 1 aliphatic carbocycles. The topological polar surface area (TPSA) is 55.6 Å². The summed E-state index contributed by atoms with van der Waals surface area (Å²) in [6, 6.07) is 5.02. The van der Waals surface area contributed by atoms with Crippen LogP contribution in [0.5, 0.6) is 0 Å². The van der Waals surface area contributed by atoms with Crippen molar-refractivity contribution in [2.75, 3.05) is 31.7 Å². The van der Waals surface area contributed by atoms with Gasteiger partial charge in [0.05, 0.1) is 17.4 Å². The molecule has 2 rings (SSSR count). The van der Waals surface area contributed by atoms with Gasteiger partial charge in [0.25, 0.3) is 5.69 Å². The molecule has 1 aromatic carbocycles. The Morgan fingerprint density at radius 2 is 2.25 bits per heavy atom. The van der Waals surface area contributed by atoms with Crippen molar-refractivity contribution < 1.29 is 9.66 Å². The number of hydrogen-bond acceptors (Lipinski definition) is 4. The summed E-state index contributed by atoms with van der Waals surface area (Å²) in [7, 11) is 1.94. The molecule has 0 N–H and O–H groups in total. The van der Waals surface area contributed by atoms with Crippen molar-refractivity contribution >= 4 is 23.0 Å². The number of nitro benzene ring substituents is 1. The van der Waals surface area contributed by atoms with Crippen LogP contribution in [0.3, 0.4) is 0 Å². The Morgan fingerprint density at radius 1 is 1.50 bits per heavy atom. The number of alkyl halides is 1. The van der Waals surface area contributed by atoms with E-state index < -0.39 is 4.92 Å². The lowest BCUT2D eigenvalue weighted by molar-refractivity contribution is -0.385. The SMILES string of the molecule is CN(CCOCC1CC1)c1ccc([N+](=O)[O-])c(CCl)c1. The zero-order chi connectivity index (χ0) is 14.5. The number of rotatable bonds is 8. The normalized spacial score (nSPS) is 14.3. The van der Waals surface area contributed by atoms with Gasteiger partial charge in [0, 0.05) is 37.5 Å². The minimum absolute atomic E-state index is 0.0714. The third-order valence-corrected chi connectivity index (χ3v) is 3.75. The minimum atomic E-state index is -0.403. The number of hydrogen-bond donors (Lipinski definition) is 0. The monoisotopic (exact) mass is 298 g/mol. The van der Waals surface area contributed by atoms with Crippen molar-refractivity contribution in [3.8, 4) is 0 Å². The summed E-state index contributed by atoms with van der Waals surface area (Å²) in [6.45, 7) is 2.27. The number of anilines is 1. The van der Waals surface area contributed by atoms with E-state index in [0.717, 1.165) is 24.8 Å². The van der Waals surface area contributed by atoms with Crippen molar-refractivity contribution in [3.63, 3.8) is 0 Å². The maximum absolute atomic E-state index is 10.9. The van der Waals surface area contributed by atoms with Crippen LogP contribution >= 0.6 is 11.6 Å². The van der Waals surface area contributed by atoms with Crippen LogP contribution in [0, 0.1) is 16.0 Å². The Balaban J connectivity index is 1.90. The average Bonchev–Trinajstić information content (AvgIpc) is 3.26. The Hall–Kier alpha value is -1.33. The molecular weight excluding hydrogens is 280 g/mol. The highest BCUT2D eigenvalue weighted by Crippen LogP contribution is 2.29. The Kier molecular flexibility index (Phi) is 5.20. The zero-order valence-electron chi connectivity index (χ0n) is 11.5. The van der Waals surface area contributed by atoms with Gasteiger partial charge in [0.1, 0.15) is 0 Å². The first-order valence-electron chi connectivity index (χ1n) is 6.74. The number of ether oxygens (including phenoxy) is 1. The van der Waals surface area contributed by atoms with Crippen molar-refractivity contribution in [2.24, 2.45) is 5.92 Å². The largest absolute Gasteiger partial charge is 0.379 e. The molecule has 0 aliphatic heterocycles. The lowest BCUT2D eigenvalue weighted by atomic mass is 10.1. The summed E-state index contributed by atoms with van der Waals surface area (Å²) < 4.78 is 5.59. The summed E-state index contributed by atoms with van der Waals surface area (Å²) >= 11 is 5.77. The van der Waals surface area contributed by atoms with Crippen LogP contribution < -0.4 is 4.90 Å². The maximum atomic E-state index is 10.9. The van der Waals surface area contributed by atoms with Crippen molar-refractivity contribution in [3.05, 3.63) is 33.9 Å². The summed E-state index contributed by atoms with van der Waals surface area (Å²) in [6.07, 6.45) is 2.58. The molecule has 1 aliphatic rings. The number of nitro groups is 1. The zero-order valence-corrected chi connectivity index (χ0v) is 12.3. The standard InChI is InChI=1S/C14H19ClN2O3/c1-16(6-7-20-10-11-2-3-11)13-4-5-14(17(18)19)12(8-13)9-15/h4-5,8,11H,2-3,6-7,9-10H2,1H3. The predicted octanol–water partition coefficient (Wildman–Crippen LogP) is 3.20. The summed E-state index contributed by atoms with van der Waals surface area (Å²) in [5.41, 5.74) is 1.53. The van der Waals surface area contributed by atoms with E-state index in [1.54, 1.807) is 12.1 Å². The molecule has 0 aromatic heterocycles. The molecule has 0 spiro atoms. The van der Waals surface area contributed by atoms with Crippen LogP contribution in [0.25, 0.3) is 0 Å². The first-order valence-corrected chi connectivity index (χ1v) is 7.27. The molecule has 0 bridgehead atoms. The van der Waals surface area contributed by atoms with Gasteiger partial charge in [-0.25, -0.2) is 0 Å². The van der Waals surface area contributed by atoms with Gasteiger partial charge in [0.15, 0.2) is 0 Å². The third-order valence-electron chi connectivity index (χ3n) is 3.47. The quantitative estimate of drug-likeness (QED) is 0.320. The molecule has 110 valence electrons. The highest BCUT2D eigenvalue weighted by atomic mass is 35.5. The highest BCUT2D eigenvalue weighted by Gasteiger charge is 2.21. The maximum Gasteiger partial charge on any atom is 0.273 e. The molecule has 5 nitrogen and oxygen atoms in total. The second-order valence-electron chi connectivity index (χ2n) is 5.14. The number of likely N-dealkylation sites (N-methyl/N-ethyl adjacent to an activating group) is 1.